The fourth-order valence-corrected chi connectivity index (χ4v) is 7.58. The molecule has 19 heteroatoms. The van der Waals surface area contributed by atoms with Gasteiger partial charge in [0, 0.05) is 40.8 Å². The molecule has 2 saturated heterocycles. The Labute approximate surface area is 291 Å². The minimum atomic E-state index is -1.55. The van der Waals surface area contributed by atoms with Crippen molar-refractivity contribution in [2.75, 3.05) is 36.6 Å². The molecule has 0 saturated carbocycles. The van der Waals surface area contributed by atoms with Crippen molar-refractivity contribution < 1.29 is 47.6 Å². The molecule has 2 aromatic heterocycles. The molecular weight excluding hydrogens is 696 g/mol. The standard InChI is InChI=1S/C31H29FN8O8S2/c1-15(41)34-9-19-12-39(31(46)48-19)18-5-6-20(21(32)8-18)16-4-3-7-38(10-16)11-17-13-49-28-24(27(43)40(28)25(17)29(44)45)36-26(42)23(37-47-2)22-14-50-30(33)35-22/h3-8,10,14,19,24,28H,9,11-13H2,1-2H3,(H4-,33,34,35,36,41,42,44,45)/b37-23-/t19-,24+,28?/m0/s1. The van der Waals surface area contributed by atoms with Crippen molar-refractivity contribution in [3.05, 3.63) is 70.9 Å². The van der Waals surface area contributed by atoms with Gasteiger partial charge in [-0.1, -0.05) is 5.16 Å². The average Bonchev–Trinajstić information content (AvgIpc) is 3.69. The summed E-state index contributed by atoms with van der Waals surface area (Å²) in [4.78, 5) is 73.4. The number of nitrogens with one attached hydrogen (secondary N) is 2. The number of benzene rings is 1. The third-order valence-electron chi connectivity index (χ3n) is 7.95. The van der Waals surface area contributed by atoms with Crippen LogP contribution in [0.15, 0.2) is 64.5 Å². The van der Waals surface area contributed by atoms with E-state index in [-0.39, 0.29) is 64.8 Å². The molecule has 1 aromatic carbocycles. The molecule has 4 N–H and O–H groups in total. The maximum atomic E-state index is 15.4. The Hall–Kier alpha value is -5.56. The molecule has 6 rings (SSSR count). The number of amides is 4. The fraction of sp³-hybridized carbons (Fsp3) is 0.290. The summed E-state index contributed by atoms with van der Waals surface area (Å²) in [5, 5.41) is 22.2. The highest BCUT2D eigenvalue weighted by atomic mass is 32.2. The van der Waals surface area contributed by atoms with Crippen molar-refractivity contribution in [1.29, 1.82) is 0 Å². The van der Waals surface area contributed by atoms with Gasteiger partial charge in [0.05, 0.1) is 30.4 Å². The first kappa shape index (κ1) is 34.3. The van der Waals surface area contributed by atoms with E-state index in [9.17, 15) is 29.1 Å². The number of hydrogen-bond acceptors (Lipinski definition) is 13. The Bertz CT molecular complexity index is 1970. The van der Waals surface area contributed by atoms with Crippen LogP contribution in [0.4, 0.5) is 20.0 Å². The molecule has 3 aromatic rings. The van der Waals surface area contributed by atoms with Crippen molar-refractivity contribution >= 4 is 69.4 Å². The third kappa shape index (κ3) is 6.81. The van der Waals surface area contributed by atoms with Gasteiger partial charge in [-0.2, -0.15) is 0 Å². The van der Waals surface area contributed by atoms with Gasteiger partial charge in [0.25, 0.3) is 11.8 Å². The molecule has 260 valence electrons. The molecule has 50 heavy (non-hydrogen) atoms. The molecule has 2 fully saturated rings. The zero-order valence-corrected chi connectivity index (χ0v) is 28.1. The molecule has 0 spiro atoms. The number of carbonyl (C=O) groups is 5. The summed E-state index contributed by atoms with van der Waals surface area (Å²) >= 11 is 2.35. The van der Waals surface area contributed by atoms with E-state index >= 15 is 4.39 Å². The number of hydrogen-bond donors (Lipinski definition) is 3. The highest BCUT2D eigenvalue weighted by molar-refractivity contribution is 8.00. The number of aliphatic carboxylic acids is 1. The second-order valence-corrected chi connectivity index (χ2v) is 13.3. The maximum Gasteiger partial charge on any atom is 0.414 e. The molecule has 16 nitrogen and oxygen atoms in total. The van der Waals surface area contributed by atoms with Crippen molar-refractivity contribution in [2.45, 2.75) is 31.0 Å². The number of halogens is 1. The smallest absolute Gasteiger partial charge is 0.414 e. The fourth-order valence-electron chi connectivity index (χ4n) is 5.70. The number of ether oxygens (including phenoxy) is 1. The van der Waals surface area contributed by atoms with Gasteiger partial charge < -0.3 is 35.8 Å². The number of oxime groups is 1. The number of carbonyl (C=O) groups excluding carboxylic acids is 5. The lowest BCUT2D eigenvalue weighted by Crippen LogP contribution is -2.71. The highest BCUT2D eigenvalue weighted by Crippen LogP contribution is 2.40. The van der Waals surface area contributed by atoms with Gasteiger partial charge in [0.1, 0.15) is 36.1 Å². The molecule has 1 unspecified atom stereocenters. The number of cyclic esters (lactones) is 1. The summed E-state index contributed by atoms with van der Waals surface area (Å²) in [6, 6.07) is 6.60. The predicted molar refractivity (Wildman–Crippen MR) is 175 cm³/mol. The van der Waals surface area contributed by atoms with E-state index in [1.165, 1.54) is 48.2 Å². The van der Waals surface area contributed by atoms with Gasteiger partial charge >= 0.3 is 6.09 Å². The van der Waals surface area contributed by atoms with Gasteiger partial charge in [0.15, 0.2) is 29.8 Å². The van der Waals surface area contributed by atoms with Crippen molar-refractivity contribution in [1.82, 2.24) is 20.5 Å². The van der Waals surface area contributed by atoms with E-state index in [0.717, 1.165) is 16.2 Å². The van der Waals surface area contributed by atoms with Gasteiger partial charge in [-0.15, -0.1) is 23.1 Å². The first-order chi connectivity index (χ1) is 23.9. The Kier molecular flexibility index (Phi) is 9.69. The number of nitrogen functional groups attached to an aromatic ring is 1. The largest absolute Gasteiger partial charge is 0.543 e. The van der Waals surface area contributed by atoms with E-state index < -0.39 is 47.2 Å². The topological polar surface area (TPSA) is 213 Å². The van der Waals surface area contributed by atoms with Crippen molar-refractivity contribution in [2.24, 2.45) is 5.16 Å². The van der Waals surface area contributed by atoms with E-state index in [1.54, 1.807) is 35.2 Å². The number of β-lactam (4-membered cyclic amide) rings is 1. The second kappa shape index (κ2) is 14.1. The third-order valence-corrected chi connectivity index (χ3v) is 9.96. The van der Waals surface area contributed by atoms with Crippen molar-refractivity contribution in [3.8, 4) is 11.1 Å². The number of aromatic nitrogens is 2. The van der Waals surface area contributed by atoms with E-state index in [4.69, 9.17) is 15.3 Å². The van der Waals surface area contributed by atoms with Crippen LogP contribution in [0.25, 0.3) is 11.1 Å². The van der Waals surface area contributed by atoms with Crippen LogP contribution in [0.1, 0.15) is 12.6 Å². The molecule has 3 aliphatic rings. The number of nitrogens with zero attached hydrogens (tertiary/aromatic N) is 5. The summed E-state index contributed by atoms with van der Waals surface area (Å²) in [6.45, 7) is 1.66. The molecule has 5 heterocycles. The number of thioether (sulfide) groups is 1. The zero-order valence-electron chi connectivity index (χ0n) is 26.5. The van der Waals surface area contributed by atoms with Crippen LogP contribution >= 0.6 is 23.1 Å². The predicted octanol–water partition coefficient (Wildman–Crippen LogP) is -0.265. The molecular formula is C31H29FN8O8S2. The first-order valence-electron chi connectivity index (χ1n) is 15.0. The Balaban J connectivity index is 1.16. The van der Waals surface area contributed by atoms with Crippen LogP contribution in [0.2, 0.25) is 0 Å². The lowest BCUT2D eigenvalue weighted by atomic mass is 10.0. The Morgan fingerprint density at radius 1 is 1.28 bits per heavy atom. The van der Waals surface area contributed by atoms with E-state index in [0.29, 0.717) is 11.1 Å². The summed E-state index contributed by atoms with van der Waals surface area (Å²) < 4.78 is 22.4. The van der Waals surface area contributed by atoms with Gasteiger partial charge in [-0.05, 0) is 24.3 Å². The number of carboxylic acids is 1. The number of anilines is 2. The van der Waals surface area contributed by atoms with E-state index in [1.807, 2.05) is 0 Å². The maximum absolute atomic E-state index is 15.4. The van der Waals surface area contributed by atoms with Crippen LogP contribution < -0.4 is 30.9 Å². The Morgan fingerprint density at radius 2 is 2.08 bits per heavy atom. The zero-order chi connectivity index (χ0) is 35.7. The number of rotatable bonds is 11. The van der Waals surface area contributed by atoms with Gasteiger partial charge in [-0.25, -0.2) is 18.7 Å². The highest BCUT2D eigenvalue weighted by Gasteiger charge is 2.53. The van der Waals surface area contributed by atoms with Crippen LogP contribution in [-0.4, -0.2) is 88.9 Å². The summed E-state index contributed by atoms with van der Waals surface area (Å²) in [5.74, 6) is -3.63. The van der Waals surface area contributed by atoms with Crippen LogP contribution in [0.3, 0.4) is 0 Å². The summed E-state index contributed by atoms with van der Waals surface area (Å²) in [5.41, 5.74) is 6.69. The molecule has 4 amide bonds. The molecule has 0 bridgehead atoms. The molecule has 3 aliphatic heterocycles. The van der Waals surface area contributed by atoms with Gasteiger partial charge in [0.2, 0.25) is 5.91 Å². The monoisotopic (exact) mass is 724 g/mol. The minimum Gasteiger partial charge on any atom is -0.543 e. The quantitative estimate of drug-likeness (QED) is 0.101. The van der Waals surface area contributed by atoms with Crippen LogP contribution in [-0.2, 0) is 35.3 Å². The number of pyridine rings is 1. The SMILES string of the molecule is CO/N=C(\C(=O)N[C@@H]1C(=O)N2C(C(=O)[O-])=C(C[n+]3cccc(-c4ccc(N5C[C@H](CNC(C)=O)OC5=O)cc4F)c3)CSC12)c1csc(N)n1. The molecule has 0 radical (unpaired) electrons. The van der Waals surface area contributed by atoms with Crippen LogP contribution in [0, 0.1) is 5.82 Å². The number of nitrogens with two attached hydrogens (primary N) is 1. The number of thiazole rings is 1. The Morgan fingerprint density at radius 3 is 2.76 bits per heavy atom. The normalized spacial score (nSPS) is 20.2. The first-order valence-corrected chi connectivity index (χ1v) is 16.9. The number of carboxylic acid groups (broad SMARTS) is 1. The summed E-state index contributed by atoms with van der Waals surface area (Å²) in [6.07, 6.45) is 2.06. The molecule has 0 aliphatic carbocycles. The van der Waals surface area contributed by atoms with E-state index in [2.05, 4.69) is 20.8 Å². The second-order valence-electron chi connectivity index (χ2n) is 11.3. The average molecular weight is 725 g/mol. The molecule has 3 atom stereocenters. The van der Waals surface area contributed by atoms with Crippen molar-refractivity contribution in [3.63, 3.8) is 0 Å². The number of fused-ring (bicyclic) bond motifs is 1. The van der Waals surface area contributed by atoms with Gasteiger partial charge in [-0.3, -0.25) is 24.2 Å². The lowest BCUT2D eigenvalue weighted by Gasteiger charge is -2.50. The summed E-state index contributed by atoms with van der Waals surface area (Å²) in [7, 11) is 1.25. The van der Waals surface area contributed by atoms with Crippen LogP contribution in [0.5, 0.6) is 0 Å². The lowest BCUT2D eigenvalue weighted by molar-refractivity contribution is -0.688. The minimum absolute atomic E-state index is 0.0442.